The first-order valence-corrected chi connectivity index (χ1v) is 13.1. The van der Waals surface area contributed by atoms with Crippen molar-refractivity contribution in [2.45, 2.75) is 96.2 Å². The van der Waals surface area contributed by atoms with E-state index in [0.29, 0.717) is 42.7 Å². The molecule has 0 radical (unpaired) electrons. The first-order valence-electron chi connectivity index (χ1n) is 13.1. The Morgan fingerprint density at radius 3 is 1.86 bits per heavy atom. The summed E-state index contributed by atoms with van der Waals surface area (Å²) in [5.74, 6) is -2.71. The molecule has 4 rings (SSSR count). The number of hydrogen-bond acceptors (Lipinski definition) is 2. The quantitative estimate of drug-likeness (QED) is 0.344. The Bertz CT molecular complexity index is 993. The Morgan fingerprint density at radius 2 is 1.26 bits per heavy atom. The zero-order valence-electron chi connectivity index (χ0n) is 20.7. The maximum absolute atomic E-state index is 14.9. The highest BCUT2D eigenvalue weighted by molar-refractivity contribution is 5.33. The highest BCUT2D eigenvalue weighted by atomic mass is 19.2. The van der Waals surface area contributed by atoms with Crippen LogP contribution in [0.2, 0.25) is 0 Å². The van der Waals surface area contributed by atoms with Crippen LogP contribution in [0.5, 0.6) is 5.75 Å². The smallest absolute Gasteiger partial charge is 0.200 e. The van der Waals surface area contributed by atoms with E-state index in [0.717, 1.165) is 32.1 Å². The number of ether oxygens (including phenoxy) is 2. The van der Waals surface area contributed by atoms with E-state index in [1.807, 2.05) is 0 Å². The van der Waals surface area contributed by atoms with Crippen molar-refractivity contribution in [2.75, 3.05) is 6.61 Å². The Morgan fingerprint density at radius 1 is 0.686 bits per heavy atom. The summed E-state index contributed by atoms with van der Waals surface area (Å²) >= 11 is 0. The van der Waals surface area contributed by atoms with Gasteiger partial charge in [-0.1, -0.05) is 31.5 Å². The molecule has 0 atom stereocenters. The standard InChI is InChI=1S/C29H36F4O2/c1-3-18-5-7-19(8-6-18)23-14-11-21(26(30)27(23)31)17-35-22-12-9-20(10-13-22)24-15-16-25(34-4-2)29(33)28(24)32/h11,14-16,18-20,22H,3-10,12-13,17H2,1-2H3. The predicted octanol–water partition coefficient (Wildman–Crippen LogP) is 8.57. The first-order chi connectivity index (χ1) is 16.9. The van der Waals surface area contributed by atoms with Crippen LogP contribution in [0.4, 0.5) is 17.6 Å². The molecule has 0 amide bonds. The number of benzene rings is 2. The summed E-state index contributed by atoms with van der Waals surface area (Å²) in [5.41, 5.74) is 1.09. The first kappa shape index (κ1) is 26.0. The minimum Gasteiger partial charge on any atom is -0.491 e. The third-order valence-electron chi connectivity index (χ3n) is 8.02. The van der Waals surface area contributed by atoms with Crippen LogP contribution in [0.25, 0.3) is 0 Å². The normalized spacial score (nSPS) is 25.0. The second kappa shape index (κ2) is 11.8. The van der Waals surface area contributed by atoms with E-state index in [2.05, 4.69) is 6.92 Å². The number of rotatable bonds is 8. The van der Waals surface area contributed by atoms with E-state index in [1.165, 1.54) is 6.07 Å². The molecule has 2 fully saturated rings. The number of halogens is 4. The molecule has 0 spiro atoms. The van der Waals surface area contributed by atoms with E-state index < -0.39 is 23.3 Å². The van der Waals surface area contributed by atoms with Gasteiger partial charge in [0.05, 0.1) is 19.3 Å². The van der Waals surface area contributed by atoms with Crippen LogP contribution in [-0.4, -0.2) is 12.7 Å². The van der Waals surface area contributed by atoms with E-state index in [9.17, 15) is 17.6 Å². The molecular weight excluding hydrogens is 456 g/mol. The molecular formula is C29H36F4O2. The Kier molecular flexibility index (Phi) is 8.74. The van der Waals surface area contributed by atoms with Gasteiger partial charge in [0.2, 0.25) is 5.82 Å². The van der Waals surface area contributed by atoms with Gasteiger partial charge in [-0.2, -0.15) is 4.39 Å². The van der Waals surface area contributed by atoms with Crippen LogP contribution in [0.1, 0.15) is 100 Å². The molecule has 2 aliphatic carbocycles. The lowest BCUT2D eigenvalue weighted by molar-refractivity contribution is 0.0116. The van der Waals surface area contributed by atoms with E-state index >= 15 is 0 Å². The molecule has 35 heavy (non-hydrogen) atoms. The van der Waals surface area contributed by atoms with Crippen molar-refractivity contribution in [3.8, 4) is 5.75 Å². The fourth-order valence-electron chi connectivity index (χ4n) is 5.79. The molecule has 0 unspecified atom stereocenters. The highest BCUT2D eigenvalue weighted by Gasteiger charge is 2.28. The van der Waals surface area contributed by atoms with Gasteiger partial charge < -0.3 is 9.47 Å². The molecule has 0 saturated heterocycles. The predicted molar refractivity (Wildman–Crippen MR) is 129 cm³/mol. The summed E-state index contributed by atoms with van der Waals surface area (Å²) < 4.78 is 69.5. The summed E-state index contributed by atoms with van der Waals surface area (Å²) in [4.78, 5) is 0. The molecule has 2 saturated carbocycles. The van der Waals surface area contributed by atoms with Crippen molar-refractivity contribution in [1.29, 1.82) is 0 Å². The van der Waals surface area contributed by atoms with E-state index in [4.69, 9.17) is 9.47 Å². The van der Waals surface area contributed by atoms with Crippen LogP contribution in [0.15, 0.2) is 24.3 Å². The maximum atomic E-state index is 14.9. The summed E-state index contributed by atoms with van der Waals surface area (Å²) in [6.07, 6.45) is 7.59. The molecule has 2 nitrogen and oxygen atoms in total. The third kappa shape index (κ3) is 5.84. The van der Waals surface area contributed by atoms with Crippen LogP contribution in [0.3, 0.4) is 0 Å². The van der Waals surface area contributed by atoms with Crippen molar-refractivity contribution >= 4 is 0 Å². The van der Waals surface area contributed by atoms with Crippen molar-refractivity contribution in [2.24, 2.45) is 5.92 Å². The fraction of sp³-hybridized carbons (Fsp3) is 0.586. The molecule has 6 heteroatoms. The number of hydrogen-bond donors (Lipinski definition) is 0. The fourth-order valence-corrected chi connectivity index (χ4v) is 5.79. The van der Waals surface area contributed by atoms with Crippen LogP contribution in [-0.2, 0) is 11.3 Å². The zero-order chi connectivity index (χ0) is 24.9. The Labute approximate surface area is 206 Å². The summed E-state index contributed by atoms with van der Waals surface area (Å²) in [5, 5.41) is 0. The van der Waals surface area contributed by atoms with Gasteiger partial charge in [0.15, 0.2) is 23.2 Å². The molecule has 2 aliphatic rings. The Hall–Kier alpha value is -2.08. The summed E-state index contributed by atoms with van der Waals surface area (Å²) in [6, 6.07) is 6.47. The third-order valence-corrected chi connectivity index (χ3v) is 8.02. The minimum atomic E-state index is -0.943. The average Bonchev–Trinajstić information content (AvgIpc) is 2.88. The summed E-state index contributed by atoms with van der Waals surface area (Å²) in [6.45, 7) is 4.18. The monoisotopic (exact) mass is 492 g/mol. The van der Waals surface area contributed by atoms with E-state index in [1.54, 1.807) is 25.1 Å². The van der Waals surface area contributed by atoms with Crippen LogP contribution >= 0.6 is 0 Å². The Balaban J connectivity index is 1.31. The van der Waals surface area contributed by atoms with Crippen molar-refractivity contribution in [3.63, 3.8) is 0 Å². The second-order valence-corrected chi connectivity index (χ2v) is 10.1. The zero-order valence-corrected chi connectivity index (χ0v) is 20.7. The van der Waals surface area contributed by atoms with Crippen molar-refractivity contribution in [1.82, 2.24) is 0 Å². The second-order valence-electron chi connectivity index (χ2n) is 10.1. The SMILES string of the molecule is CCOc1ccc(C2CCC(OCc3ccc(C4CCC(CC)CC4)c(F)c3F)CC2)c(F)c1F. The minimum absolute atomic E-state index is 0.00693. The lowest BCUT2D eigenvalue weighted by Crippen LogP contribution is -2.22. The van der Waals surface area contributed by atoms with Gasteiger partial charge in [-0.3, -0.25) is 0 Å². The van der Waals surface area contributed by atoms with Crippen LogP contribution in [0, 0.1) is 29.2 Å². The van der Waals surface area contributed by atoms with Gasteiger partial charge in [-0.15, -0.1) is 0 Å². The highest BCUT2D eigenvalue weighted by Crippen LogP contribution is 2.40. The lowest BCUT2D eigenvalue weighted by atomic mass is 9.77. The van der Waals surface area contributed by atoms with Gasteiger partial charge in [-0.05, 0) is 93.2 Å². The molecule has 0 heterocycles. The molecule has 192 valence electrons. The molecule has 0 bridgehead atoms. The van der Waals surface area contributed by atoms with Gasteiger partial charge in [-0.25, -0.2) is 13.2 Å². The molecule has 0 aliphatic heterocycles. The van der Waals surface area contributed by atoms with Gasteiger partial charge in [0.25, 0.3) is 0 Å². The molecule has 2 aromatic carbocycles. The van der Waals surface area contributed by atoms with Crippen molar-refractivity contribution < 1.29 is 27.0 Å². The molecule has 2 aromatic rings. The van der Waals surface area contributed by atoms with Gasteiger partial charge in [0.1, 0.15) is 0 Å². The topological polar surface area (TPSA) is 18.5 Å². The molecule has 0 N–H and O–H groups in total. The lowest BCUT2D eigenvalue weighted by Gasteiger charge is -2.30. The van der Waals surface area contributed by atoms with Gasteiger partial charge >= 0.3 is 0 Å². The van der Waals surface area contributed by atoms with E-state index in [-0.39, 0.29) is 42.5 Å². The van der Waals surface area contributed by atoms with Gasteiger partial charge in [0, 0.05) is 5.56 Å². The van der Waals surface area contributed by atoms with Crippen molar-refractivity contribution in [3.05, 3.63) is 64.2 Å². The molecule has 0 aromatic heterocycles. The largest absolute Gasteiger partial charge is 0.491 e. The average molecular weight is 493 g/mol. The van der Waals surface area contributed by atoms with Crippen LogP contribution < -0.4 is 4.74 Å². The summed E-state index contributed by atoms with van der Waals surface area (Å²) in [7, 11) is 0. The maximum Gasteiger partial charge on any atom is 0.200 e.